The molecule has 2 rings (SSSR count). The van der Waals surface area contributed by atoms with Gasteiger partial charge in [-0.05, 0) is 48.8 Å². The Labute approximate surface area is 131 Å². The molecular weight excluding hydrogens is 254 g/mol. The van der Waals surface area contributed by atoms with E-state index in [4.69, 9.17) is 0 Å². The molecule has 1 aliphatic rings. The van der Waals surface area contributed by atoms with Crippen molar-refractivity contribution >= 4 is 0 Å². The minimum absolute atomic E-state index is 0.407. The monoisotopic (exact) mass is 287 g/mol. The summed E-state index contributed by atoms with van der Waals surface area (Å²) in [5, 5.41) is 3.68. The van der Waals surface area contributed by atoms with Gasteiger partial charge in [0.1, 0.15) is 0 Å². The number of benzene rings is 1. The van der Waals surface area contributed by atoms with Crippen LogP contribution in [0.3, 0.4) is 0 Å². The molecule has 0 atom stereocenters. The molecule has 0 unspecified atom stereocenters. The maximum atomic E-state index is 3.68. The van der Waals surface area contributed by atoms with E-state index in [0.717, 1.165) is 19.0 Å². The molecule has 0 amide bonds. The summed E-state index contributed by atoms with van der Waals surface area (Å²) in [7, 11) is 0. The van der Waals surface area contributed by atoms with Crippen LogP contribution < -0.4 is 5.32 Å². The largest absolute Gasteiger partial charge is 0.316 e. The average Bonchev–Trinajstić information content (AvgIpc) is 2.44. The second kappa shape index (κ2) is 7.45. The van der Waals surface area contributed by atoms with E-state index in [9.17, 15) is 0 Å². The molecule has 0 aromatic heterocycles. The van der Waals surface area contributed by atoms with Gasteiger partial charge in [0.05, 0.1) is 0 Å². The average molecular weight is 287 g/mol. The van der Waals surface area contributed by atoms with Crippen LogP contribution in [0.15, 0.2) is 24.3 Å². The van der Waals surface area contributed by atoms with Gasteiger partial charge >= 0.3 is 0 Å². The van der Waals surface area contributed by atoms with E-state index in [0.29, 0.717) is 11.3 Å². The van der Waals surface area contributed by atoms with Crippen LogP contribution in [-0.2, 0) is 5.41 Å². The number of rotatable bonds is 8. The molecule has 1 aromatic rings. The summed E-state index contributed by atoms with van der Waals surface area (Å²) in [6, 6.07) is 9.47. The summed E-state index contributed by atoms with van der Waals surface area (Å²) in [4.78, 5) is 0. The van der Waals surface area contributed by atoms with E-state index in [1.807, 2.05) is 0 Å². The van der Waals surface area contributed by atoms with E-state index < -0.39 is 0 Å². The highest BCUT2D eigenvalue weighted by Gasteiger charge is 2.44. The molecule has 1 fully saturated rings. The molecule has 1 nitrogen and oxygen atoms in total. The molecule has 1 aliphatic carbocycles. The van der Waals surface area contributed by atoms with Crippen molar-refractivity contribution in [1.29, 1.82) is 0 Å². The Morgan fingerprint density at radius 1 is 1.10 bits per heavy atom. The lowest BCUT2D eigenvalue weighted by Gasteiger charge is -2.49. The minimum atomic E-state index is 0.407. The van der Waals surface area contributed by atoms with E-state index in [1.165, 1.54) is 37.7 Å². The summed E-state index contributed by atoms with van der Waals surface area (Å²) in [6.45, 7) is 11.4. The van der Waals surface area contributed by atoms with E-state index in [2.05, 4.69) is 57.3 Å². The first kappa shape index (κ1) is 16.5. The summed E-state index contributed by atoms with van der Waals surface area (Å²) in [6.07, 6.45) is 6.70. The van der Waals surface area contributed by atoms with Crippen molar-refractivity contribution < 1.29 is 0 Å². The fourth-order valence-corrected chi connectivity index (χ4v) is 3.87. The number of hydrogen-bond donors (Lipinski definition) is 1. The Balaban J connectivity index is 2.08. The van der Waals surface area contributed by atoms with Gasteiger partial charge < -0.3 is 5.32 Å². The van der Waals surface area contributed by atoms with Crippen molar-refractivity contribution in [3.63, 3.8) is 0 Å². The molecule has 0 spiro atoms. The smallest absolute Gasteiger partial charge is 0.00830 e. The second-order valence-corrected chi connectivity index (χ2v) is 7.30. The molecule has 1 heteroatoms. The van der Waals surface area contributed by atoms with Crippen LogP contribution in [0.5, 0.6) is 0 Å². The molecule has 21 heavy (non-hydrogen) atoms. The molecule has 118 valence electrons. The Kier molecular flexibility index (Phi) is 5.87. The van der Waals surface area contributed by atoms with Crippen molar-refractivity contribution in [2.75, 3.05) is 13.1 Å². The normalized spacial score (nSPS) is 25.1. The third-order valence-corrected chi connectivity index (χ3v) is 5.14. The molecule has 1 aromatic carbocycles. The maximum absolute atomic E-state index is 3.68. The summed E-state index contributed by atoms with van der Waals surface area (Å²) in [5.74, 6) is 1.57. The van der Waals surface area contributed by atoms with Crippen molar-refractivity contribution in [2.24, 2.45) is 5.92 Å². The van der Waals surface area contributed by atoms with Crippen LogP contribution in [0.2, 0.25) is 0 Å². The van der Waals surface area contributed by atoms with Crippen LogP contribution in [0.1, 0.15) is 76.8 Å². The molecule has 0 saturated heterocycles. The third kappa shape index (κ3) is 3.88. The zero-order chi connectivity index (χ0) is 15.3. The Morgan fingerprint density at radius 3 is 2.29 bits per heavy atom. The molecule has 0 heterocycles. The van der Waals surface area contributed by atoms with Crippen LogP contribution in [0.25, 0.3) is 0 Å². The van der Waals surface area contributed by atoms with Crippen LogP contribution in [0, 0.1) is 5.92 Å². The number of nitrogens with one attached hydrogen (secondary N) is 1. The van der Waals surface area contributed by atoms with Gasteiger partial charge in [-0.1, -0.05) is 64.8 Å². The highest BCUT2D eigenvalue weighted by molar-refractivity contribution is 5.33. The highest BCUT2D eigenvalue weighted by Crippen LogP contribution is 2.49. The Bertz CT molecular complexity index is 406. The van der Waals surface area contributed by atoms with Crippen LogP contribution in [0.4, 0.5) is 0 Å². The zero-order valence-corrected chi connectivity index (χ0v) is 14.4. The van der Waals surface area contributed by atoms with Gasteiger partial charge in [0.25, 0.3) is 0 Å². The maximum Gasteiger partial charge on any atom is 0.00830 e. The molecule has 0 aliphatic heterocycles. The summed E-state index contributed by atoms with van der Waals surface area (Å²) < 4.78 is 0. The molecule has 0 bridgehead atoms. The van der Waals surface area contributed by atoms with E-state index in [-0.39, 0.29) is 0 Å². The minimum Gasteiger partial charge on any atom is -0.316 e. The van der Waals surface area contributed by atoms with Gasteiger partial charge in [-0.2, -0.15) is 0 Å². The van der Waals surface area contributed by atoms with E-state index >= 15 is 0 Å². The zero-order valence-electron chi connectivity index (χ0n) is 14.4. The predicted octanol–water partition coefficient (Wildman–Crippen LogP) is 5.26. The first-order chi connectivity index (χ1) is 10.1. The van der Waals surface area contributed by atoms with Gasteiger partial charge in [0.2, 0.25) is 0 Å². The SMILES string of the molecule is CCCNCC1(c2ccc(C(C)C)cc2)CC(CCC)C1. The highest BCUT2D eigenvalue weighted by atomic mass is 14.9. The lowest BCUT2D eigenvalue weighted by atomic mass is 9.57. The van der Waals surface area contributed by atoms with Crippen molar-refractivity contribution in [3.05, 3.63) is 35.4 Å². The molecule has 0 radical (unpaired) electrons. The quantitative estimate of drug-likeness (QED) is 0.643. The summed E-state index contributed by atoms with van der Waals surface area (Å²) >= 11 is 0. The first-order valence-corrected chi connectivity index (χ1v) is 8.92. The van der Waals surface area contributed by atoms with Gasteiger partial charge in [0, 0.05) is 12.0 Å². The van der Waals surface area contributed by atoms with E-state index in [1.54, 1.807) is 5.56 Å². The molecule has 1 saturated carbocycles. The van der Waals surface area contributed by atoms with Gasteiger partial charge in [-0.25, -0.2) is 0 Å². The fourth-order valence-electron chi connectivity index (χ4n) is 3.87. The van der Waals surface area contributed by atoms with Gasteiger partial charge in [-0.15, -0.1) is 0 Å². The standard InChI is InChI=1S/C20H33N/c1-5-7-17-13-20(14-17,15-21-12-6-2)19-10-8-18(9-11-19)16(3)4/h8-11,16-17,21H,5-7,12-15H2,1-4H3. The Hall–Kier alpha value is -0.820. The lowest BCUT2D eigenvalue weighted by molar-refractivity contribution is 0.129. The van der Waals surface area contributed by atoms with Gasteiger partial charge in [0.15, 0.2) is 0 Å². The third-order valence-electron chi connectivity index (χ3n) is 5.14. The van der Waals surface area contributed by atoms with Crippen molar-refractivity contribution in [2.45, 2.75) is 71.1 Å². The van der Waals surface area contributed by atoms with Crippen molar-refractivity contribution in [1.82, 2.24) is 5.32 Å². The molecular formula is C20H33N. The van der Waals surface area contributed by atoms with Crippen LogP contribution >= 0.6 is 0 Å². The topological polar surface area (TPSA) is 12.0 Å². The second-order valence-electron chi connectivity index (χ2n) is 7.30. The van der Waals surface area contributed by atoms with Crippen LogP contribution in [-0.4, -0.2) is 13.1 Å². The fraction of sp³-hybridized carbons (Fsp3) is 0.700. The molecule has 1 N–H and O–H groups in total. The predicted molar refractivity (Wildman–Crippen MR) is 93.0 cm³/mol. The van der Waals surface area contributed by atoms with Gasteiger partial charge in [-0.3, -0.25) is 0 Å². The van der Waals surface area contributed by atoms with Crippen molar-refractivity contribution in [3.8, 4) is 0 Å². The summed E-state index contributed by atoms with van der Waals surface area (Å²) in [5.41, 5.74) is 3.42. The Morgan fingerprint density at radius 2 is 1.76 bits per heavy atom. The number of hydrogen-bond acceptors (Lipinski definition) is 1. The first-order valence-electron chi connectivity index (χ1n) is 8.92. The lowest BCUT2D eigenvalue weighted by Crippen LogP contribution is -2.48.